The molecule has 6 aromatic carbocycles. The summed E-state index contributed by atoms with van der Waals surface area (Å²) in [5.41, 5.74) is 7.08. The van der Waals surface area contributed by atoms with E-state index in [1.54, 1.807) is 16.4 Å². The maximum Gasteiger partial charge on any atom is 0.243 e. The average Bonchev–Trinajstić information content (AvgIpc) is 3.00. The zero-order valence-corrected chi connectivity index (χ0v) is 29.4. The standard InChI is InChI=1S/C40H41N2O2S.BrH/c1-30-21-31(2)23-35(22-30)29-42(3,4)28-33-15-13-32(14-16-33)26-41(27-34-17-18-36-9-5-7-11-38(36)24-34)45(43,44)40-20-19-37-10-6-8-12-39(37)25-40;/h5-25H,26-29H2,1-4H3;1H/q+1;/p-1. The van der Waals surface area contributed by atoms with Crippen molar-refractivity contribution in [3.8, 4) is 0 Å². The molecule has 46 heavy (non-hydrogen) atoms. The predicted molar refractivity (Wildman–Crippen MR) is 186 cm³/mol. The highest BCUT2D eigenvalue weighted by Crippen LogP contribution is 2.27. The Labute approximate surface area is 284 Å². The molecule has 0 radical (unpaired) electrons. The van der Waals surface area contributed by atoms with E-state index in [4.69, 9.17) is 0 Å². The number of aryl methyl sites for hydroxylation is 2. The number of benzene rings is 6. The highest BCUT2D eigenvalue weighted by atomic mass is 79.9. The Bertz CT molecular complexity index is 2070. The molecular formula is C40H41BrN2O2S. The molecule has 0 saturated carbocycles. The van der Waals surface area contributed by atoms with Crippen LogP contribution in [0, 0.1) is 13.8 Å². The van der Waals surface area contributed by atoms with Crippen LogP contribution < -0.4 is 17.0 Å². The zero-order chi connectivity index (χ0) is 31.6. The van der Waals surface area contributed by atoms with E-state index in [1.807, 2.05) is 48.5 Å². The van der Waals surface area contributed by atoms with Crippen molar-refractivity contribution in [3.63, 3.8) is 0 Å². The van der Waals surface area contributed by atoms with E-state index < -0.39 is 10.0 Å². The number of hydrogen-bond donors (Lipinski definition) is 0. The molecule has 236 valence electrons. The average molecular weight is 694 g/mol. The summed E-state index contributed by atoms with van der Waals surface area (Å²) in [4.78, 5) is 0.309. The van der Waals surface area contributed by atoms with Crippen molar-refractivity contribution in [1.82, 2.24) is 4.31 Å². The van der Waals surface area contributed by atoms with Gasteiger partial charge in [-0.05, 0) is 64.7 Å². The second kappa shape index (κ2) is 13.9. The van der Waals surface area contributed by atoms with E-state index in [0.29, 0.717) is 4.90 Å². The van der Waals surface area contributed by atoms with Gasteiger partial charge in [0.15, 0.2) is 0 Å². The van der Waals surface area contributed by atoms with E-state index in [0.717, 1.165) is 50.2 Å². The van der Waals surface area contributed by atoms with Gasteiger partial charge in [-0.2, -0.15) is 4.31 Å². The summed E-state index contributed by atoms with van der Waals surface area (Å²) in [7, 11) is 0.721. The molecule has 0 saturated heterocycles. The predicted octanol–water partition coefficient (Wildman–Crippen LogP) is 5.78. The highest BCUT2D eigenvalue weighted by Gasteiger charge is 2.26. The van der Waals surface area contributed by atoms with Gasteiger partial charge in [0.2, 0.25) is 10.0 Å². The van der Waals surface area contributed by atoms with Gasteiger partial charge in [0.05, 0.1) is 19.0 Å². The van der Waals surface area contributed by atoms with Gasteiger partial charge in [-0.1, -0.05) is 120 Å². The third-order valence-electron chi connectivity index (χ3n) is 8.42. The van der Waals surface area contributed by atoms with Gasteiger partial charge in [0, 0.05) is 24.2 Å². The fraction of sp³-hybridized carbons (Fsp3) is 0.200. The molecule has 0 atom stereocenters. The summed E-state index contributed by atoms with van der Waals surface area (Å²) >= 11 is 0. The minimum absolute atomic E-state index is 0. The Morgan fingerprint density at radius 1 is 0.522 bits per heavy atom. The summed E-state index contributed by atoms with van der Waals surface area (Å²) in [6, 6.07) is 42.9. The van der Waals surface area contributed by atoms with Crippen LogP contribution in [0.1, 0.15) is 33.4 Å². The molecule has 0 fully saturated rings. The number of sulfonamides is 1. The third-order valence-corrected chi connectivity index (χ3v) is 10.2. The third kappa shape index (κ3) is 7.94. The fourth-order valence-corrected chi connectivity index (χ4v) is 7.85. The molecule has 4 nitrogen and oxygen atoms in total. The van der Waals surface area contributed by atoms with Gasteiger partial charge in [-0.25, -0.2) is 8.42 Å². The normalized spacial score (nSPS) is 12.0. The van der Waals surface area contributed by atoms with Gasteiger partial charge < -0.3 is 21.5 Å². The van der Waals surface area contributed by atoms with Crippen molar-refractivity contribution in [3.05, 3.63) is 161 Å². The monoisotopic (exact) mass is 692 g/mol. The summed E-state index contributed by atoms with van der Waals surface area (Å²) in [5, 5.41) is 4.17. The van der Waals surface area contributed by atoms with Crippen molar-refractivity contribution in [2.45, 2.75) is 44.9 Å². The zero-order valence-electron chi connectivity index (χ0n) is 26.9. The van der Waals surface area contributed by atoms with Crippen LogP contribution in [-0.4, -0.2) is 31.3 Å². The first kappa shape index (κ1) is 33.6. The summed E-state index contributed by atoms with van der Waals surface area (Å²) in [6.07, 6.45) is 0. The number of hydrogen-bond acceptors (Lipinski definition) is 2. The molecule has 6 rings (SSSR count). The van der Waals surface area contributed by atoms with Crippen LogP contribution in [0.4, 0.5) is 0 Å². The van der Waals surface area contributed by atoms with E-state index >= 15 is 0 Å². The second-order valence-corrected chi connectivity index (χ2v) is 15.0. The van der Waals surface area contributed by atoms with Gasteiger partial charge in [-0.3, -0.25) is 0 Å². The molecule has 0 aliphatic carbocycles. The maximum absolute atomic E-state index is 14.2. The number of rotatable bonds is 10. The quantitative estimate of drug-likeness (QED) is 0.171. The van der Waals surface area contributed by atoms with E-state index in [-0.39, 0.29) is 30.1 Å². The topological polar surface area (TPSA) is 37.4 Å². The SMILES string of the molecule is Cc1cc(C)cc(C[N+](C)(C)Cc2ccc(CN(Cc3ccc4ccccc4c3)S(=O)(=O)c3ccc4ccccc4c3)cc2)c1.[Br-]. The Hall–Kier alpha value is -3.81. The molecule has 0 unspecified atom stereocenters. The van der Waals surface area contributed by atoms with Crippen LogP contribution in [0.5, 0.6) is 0 Å². The van der Waals surface area contributed by atoms with Crippen LogP contribution in [0.3, 0.4) is 0 Å². The first-order valence-electron chi connectivity index (χ1n) is 15.5. The Morgan fingerprint density at radius 2 is 1.00 bits per heavy atom. The number of nitrogens with zero attached hydrogens (tertiary/aromatic N) is 2. The Balaban J connectivity index is 0.00000417. The molecule has 0 aliphatic heterocycles. The largest absolute Gasteiger partial charge is 1.00 e. The van der Waals surface area contributed by atoms with E-state index in [1.165, 1.54) is 22.3 Å². The van der Waals surface area contributed by atoms with Crippen LogP contribution in [0.15, 0.2) is 132 Å². The lowest BCUT2D eigenvalue weighted by Gasteiger charge is -2.30. The van der Waals surface area contributed by atoms with Gasteiger partial charge in [0.25, 0.3) is 0 Å². The smallest absolute Gasteiger partial charge is 0.243 e. The van der Waals surface area contributed by atoms with E-state index in [2.05, 4.69) is 94.7 Å². The van der Waals surface area contributed by atoms with Crippen molar-refractivity contribution in [2.75, 3.05) is 14.1 Å². The molecule has 0 bridgehead atoms. The van der Waals surface area contributed by atoms with E-state index in [9.17, 15) is 8.42 Å². The second-order valence-electron chi connectivity index (χ2n) is 13.0. The van der Waals surface area contributed by atoms with Crippen LogP contribution in [0.2, 0.25) is 0 Å². The summed E-state index contributed by atoms with van der Waals surface area (Å²) in [5.74, 6) is 0. The van der Waals surface area contributed by atoms with Crippen molar-refractivity contribution >= 4 is 31.6 Å². The number of quaternary nitrogens is 1. The van der Waals surface area contributed by atoms with Crippen LogP contribution in [-0.2, 0) is 36.2 Å². The number of halogens is 1. The highest BCUT2D eigenvalue weighted by molar-refractivity contribution is 7.89. The first-order chi connectivity index (χ1) is 21.5. The molecular weight excluding hydrogens is 652 g/mol. The molecule has 6 heteroatoms. The van der Waals surface area contributed by atoms with Crippen LogP contribution in [0.25, 0.3) is 21.5 Å². The lowest BCUT2D eigenvalue weighted by Crippen LogP contribution is -3.00. The molecule has 0 aromatic heterocycles. The van der Waals surface area contributed by atoms with Crippen molar-refractivity contribution < 1.29 is 29.9 Å². The minimum Gasteiger partial charge on any atom is -1.00 e. The van der Waals surface area contributed by atoms with Gasteiger partial charge in [0.1, 0.15) is 13.1 Å². The molecule has 0 aliphatic rings. The first-order valence-corrected chi connectivity index (χ1v) is 16.9. The molecule has 6 aromatic rings. The molecule has 0 N–H and O–H groups in total. The molecule has 0 spiro atoms. The minimum atomic E-state index is -3.79. The maximum atomic E-state index is 14.2. The van der Waals surface area contributed by atoms with Gasteiger partial charge >= 0.3 is 0 Å². The van der Waals surface area contributed by atoms with Gasteiger partial charge in [-0.15, -0.1) is 0 Å². The summed E-state index contributed by atoms with van der Waals surface area (Å²) < 4.78 is 30.9. The lowest BCUT2D eigenvalue weighted by atomic mass is 10.1. The lowest BCUT2D eigenvalue weighted by molar-refractivity contribution is -0.916. The molecule has 0 amide bonds. The van der Waals surface area contributed by atoms with Crippen molar-refractivity contribution in [2.24, 2.45) is 0 Å². The van der Waals surface area contributed by atoms with Crippen molar-refractivity contribution in [1.29, 1.82) is 0 Å². The summed E-state index contributed by atoms with van der Waals surface area (Å²) in [6.45, 7) is 6.68. The molecule has 0 heterocycles. The van der Waals surface area contributed by atoms with Crippen LogP contribution >= 0.6 is 0 Å². The fourth-order valence-electron chi connectivity index (χ4n) is 6.40. The Morgan fingerprint density at radius 3 is 1.63 bits per heavy atom. The Kier molecular flexibility index (Phi) is 10.1. The number of fused-ring (bicyclic) bond motifs is 2.